The summed E-state index contributed by atoms with van der Waals surface area (Å²) in [6.07, 6.45) is 1.86. The number of nitrogens with zero attached hydrogens (tertiary/aromatic N) is 2. The Hall–Kier alpha value is -0.770. The number of hydrogen-bond acceptors (Lipinski definition) is 4. The van der Waals surface area contributed by atoms with Gasteiger partial charge in [-0.2, -0.15) is 0 Å². The first-order valence-corrected chi connectivity index (χ1v) is 5.46. The lowest BCUT2D eigenvalue weighted by Crippen LogP contribution is -2.03. The number of aryl methyl sites for hydroxylation is 1. The van der Waals surface area contributed by atoms with Gasteiger partial charge < -0.3 is 5.32 Å². The van der Waals surface area contributed by atoms with Crippen molar-refractivity contribution in [3.05, 3.63) is 11.8 Å². The molecule has 0 bridgehead atoms. The van der Waals surface area contributed by atoms with Crippen molar-refractivity contribution in [1.29, 1.82) is 0 Å². The molecule has 4 heteroatoms. The van der Waals surface area contributed by atoms with Crippen molar-refractivity contribution in [2.24, 2.45) is 0 Å². The average molecular weight is 197 g/mol. The van der Waals surface area contributed by atoms with E-state index in [4.69, 9.17) is 0 Å². The molecule has 1 N–H and O–H groups in total. The number of nitrogens with one attached hydrogen (secondary N) is 1. The molecule has 0 atom stereocenters. The van der Waals surface area contributed by atoms with E-state index in [1.807, 2.05) is 20.0 Å². The average Bonchev–Trinajstić information content (AvgIpc) is 2.12. The lowest BCUT2D eigenvalue weighted by molar-refractivity contribution is 0.984. The van der Waals surface area contributed by atoms with Crippen LogP contribution >= 0.6 is 11.8 Å². The Kier molecular flexibility index (Phi) is 4.02. The van der Waals surface area contributed by atoms with Gasteiger partial charge >= 0.3 is 0 Å². The maximum absolute atomic E-state index is 4.39. The van der Waals surface area contributed by atoms with Crippen LogP contribution in [0.2, 0.25) is 0 Å². The van der Waals surface area contributed by atoms with E-state index in [-0.39, 0.29) is 0 Å². The van der Waals surface area contributed by atoms with E-state index in [2.05, 4.69) is 22.2 Å². The van der Waals surface area contributed by atoms with Crippen LogP contribution in [-0.2, 0) is 0 Å². The highest BCUT2D eigenvalue weighted by Crippen LogP contribution is 2.19. The summed E-state index contributed by atoms with van der Waals surface area (Å²) in [5, 5.41) is 4.18. The van der Waals surface area contributed by atoms with Crippen molar-refractivity contribution < 1.29 is 0 Å². The molecule has 0 fully saturated rings. The first-order chi connectivity index (χ1) is 6.27. The molecular formula is C9H15N3S. The van der Waals surface area contributed by atoms with Crippen molar-refractivity contribution in [2.45, 2.75) is 25.8 Å². The van der Waals surface area contributed by atoms with E-state index in [1.165, 1.54) is 0 Å². The van der Waals surface area contributed by atoms with Gasteiger partial charge in [-0.05, 0) is 25.2 Å². The van der Waals surface area contributed by atoms with Crippen LogP contribution in [0.25, 0.3) is 0 Å². The molecule has 1 rings (SSSR count). The Bertz CT molecular complexity index is 276. The molecule has 0 unspecified atom stereocenters. The third kappa shape index (κ3) is 2.88. The van der Waals surface area contributed by atoms with Crippen LogP contribution in [0.5, 0.6) is 0 Å². The van der Waals surface area contributed by atoms with Crippen LogP contribution in [0, 0.1) is 6.92 Å². The highest BCUT2D eigenvalue weighted by atomic mass is 32.2. The number of hydrogen-bond donors (Lipinski definition) is 1. The molecule has 0 aromatic carbocycles. The maximum Gasteiger partial charge on any atom is 0.223 e. The molecular weight excluding hydrogens is 182 g/mol. The van der Waals surface area contributed by atoms with E-state index < -0.39 is 0 Å². The molecule has 0 aliphatic rings. The molecule has 13 heavy (non-hydrogen) atoms. The Balaban J connectivity index is 2.83. The van der Waals surface area contributed by atoms with Gasteiger partial charge in [0.2, 0.25) is 5.95 Å². The van der Waals surface area contributed by atoms with Crippen molar-refractivity contribution >= 4 is 17.7 Å². The highest BCUT2D eigenvalue weighted by molar-refractivity contribution is 7.99. The highest BCUT2D eigenvalue weighted by Gasteiger charge is 2.01. The molecule has 0 aliphatic heterocycles. The second-order valence-electron chi connectivity index (χ2n) is 2.65. The quantitative estimate of drug-likeness (QED) is 0.594. The number of rotatable bonds is 4. The summed E-state index contributed by atoms with van der Waals surface area (Å²) < 4.78 is 0. The van der Waals surface area contributed by atoms with Gasteiger partial charge in [-0.1, -0.05) is 6.92 Å². The van der Waals surface area contributed by atoms with E-state index in [0.29, 0.717) is 0 Å². The summed E-state index contributed by atoms with van der Waals surface area (Å²) in [5.41, 5.74) is 1.15. The van der Waals surface area contributed by atoms with Crippen molar-refractivity contribution in [1.82, 2.24) is 9.97 Å². The summed E-state index contributed by atoms with van der Waals surface area (Å²) in [5.74, 6) is 1.77. The van der Waals surface area contributed by atoms with Gasteiger partial charge in [0.1, 0.15) is 5.03 Å². The largest absolute Gasteiger partial charge is 0.354 e. The second kappa shape index (κ2) is 5.07. The summed E-state index contributed by atoms with van der Waals surface area (Å²) in [6.45, 7) is 7.06. The van der Waals surface area contributed by atoms with Gasteiger partial charge in [0.15, 0.2) is 0 Å². The van der Waals surface area contributed by atoms with Crippen LogP contribution in [0.1, 0.15) is 19.4 Å². The molecule has 1 aromatic heterocycles. The monoisotopic (exact) mass is 197 g/mol. The molecule has 0 spiro atoms. The summed E-state index contributed by atoms with van der Waals surface area (Å²) in [4.78, 5) is 8.57. The van der Waals surface area contributed by atoms with Gasteiger partial charge in [0.05, 0.1) is 0 Å². The standard InChI is InChI=1S/C9H15N3S/c1-4-10-9-11-6-7(3)8(12-9)13-5-2/h6H,4-5H2,1-3H3,(H,10,11,12). The lowest BCUT2D eigenvalue weighted by Gasteiger charge is -2.05. The fourth-order valence-corrected chi connectivity index (χ4v) is 1.66. The van der Waals surface area contributed by atoms with Crippen molar-refractivity contribution in [2.75, 3.05) is 17.6 Å². The molecule has 0 saturated carbocycles. The van der Waals surface area contributed by atoms with Gasteiger partial charge in [0, 0.05) is 12.7 Å². The summed E-state index contributed by atoms with van der Waals surface area (Å²) >= 11 is 1.75. The normalized spacial score (nSPS) is 10.1. The fourth-order valence-electron chi connectivity index (χ4n) is 0.953. The van der Waals surface area contributed by atoms with Crippen LogP contribution in [0.4, 0.5) is 5.95 Å². The first kappa shape index (κ1) is 10.3. The SMILES string of the molecule is CCNc1ncc(C)c(SCC)n1. The first-order valence-electron chi connectivity index (χ1n) is 4.48. The number of anilines is 1. The van der Waals surface area contributed by atoms with E-state index in [1.54, 1.807) is 11.8 Å². The minimum Gasteiger partial charge on any atom is -0.354 e. The molecule has 72 valence electrons. The number of aromatic nitrogens is 2. The minimum absolute atomic E-state index is 0.726. The topological polar surface area (TPSA) is 37.8 Å². The summed E-state index contributed by atoms with van der Waals surface area (Å²) in [7, 11) is 0. The molecule has 0 aliphatic carbocycles. The van der Waals surface area contributed by atoms with E-state index >= 15 is 0 Å². The summed E-state index contributed by atoms with van der Waals surface area (Å²) in [6, 6.07) is 0. The van der Waals surface area contributed by atoms with Crippen LogP contribution < -0.4 is 5.32 Å². The van der Waals surface area contributed by atoms with Gasteiger partial charge in [-0.25, -0.2) is 9.97 Å². The molecule has 3 nitrogen and oxygen atoms in total. The molecule has 0 amide bonds. The Labute approximate surface area is 83.4 Å². The second-order valence-corrected chi connectivity index (χ2v) is 3.90. The third-order valence-electron chi connectivity index (χ3n) is 1.54. The molecule has 1 heterocycles. The number of thioether (sulfide) groups is 1. The Morgan fingerprint density at radius 2 is 2.23 bits per heavy atom. The Morgan fingerprint density at radius 1 is 1.46 bits per heavy atom. The van der Waals surface area contributed by atoms with Gasteiger partial charge in [0.25, 0.3) is 0 Å². The van der Waals surface area contributed by atoms with E-state index in [9.17, 15) is 0 Å². The maximum atomic E-state index is 4.39. The third-order valence-corrected chi connectivity index (χ3v) is 2.52. The smallest absolute Gasteiger partial charge is 0.223 e. The molecule has 1 aromatic rings. The predicted molar refractivity (Wildman–Crippen MR) is 57.3 cm³/mol. The van der Waals surface area contributed by atoms with E-state index in [0.717, 1.165) is 28.8 Å². The zero-order chi connectivity index (χ0) is 9.68. The van der Waals surface area contributed by atoms with Crippen LogP contribution in [-0.4, -0.2) is 22.3 Å². The fraction of sp³-hybridized carbons (Fsp3) is 0.556. The zero-order valence-corrected chi connectivity index (χ0v) is 9.11. The van der Waals surface area contributed by atoms with Crippen LogP contribution in [0.3, 0.4) is 0 Å². The minimum atomic E-state index is 0.726. The molecule has 0 radical (unpaired) electrons. The molecule has 0 saturated heterocycles. The van der Waals surface area contributed by atoms with Gasteiger partial charge in [-0.3, -0.25) is 0 Å². The van der Waals surface area contributed by atoms with Crippen molar-refractivity contribution in [3.8, 4) is 0 Å². The lowest BCUT2D eigenvalue weighted by atomic mass is 10.4. The zero-order valence-electron chi connectivity index (χ0n) is 8.29. The van der Waals surface area contributed by atoms with Gasteiger partial charge in [-0.15, -0.1) is 11.8 Å². The predicted octanol–water partition coefficient (Wildman–Crippen LogP) is 2.33. The van der Waals surface area contributed by atoms with Crippen LogP contribution in [0.15, 0.2) is 11.2 Å². The Morgan fingerprint density at radius 3 is 2.85 bits per heavy atom. The van der Waals surface area contributed by atoms with Crippen molar-refractivity contribution in [3.63, 3.8) is 0 Å².